The molecule has 0 saturated carbocycles. The molecule has 8 aromatic carbocycles. The van der Waals surface area contributed by atoms with Gasteiger partial charge in [-0.25, -0.2) is 0 Å². The maximum atomic E-state index is 12.8. The topological polar surface area (TPSA) is 310 Å². The normalized spacial score (nSPS) is 15.5. The zero-order chi connectivity index (χ0) is 67.8. The number of rotatable bonds is 8. The molecule has 0 aliphatic carbocycles. The van der Waals surface area contributed by atoms with Crippen LogP contribution < -0.4 is 20.4 Å². The van der Waals surface area contributed by atoms with Gasteiger partial charge in [-0.3, -0.25) is 58.0 Å². The van der Waals surface area contributed by atoms with Crippen LogP contribution >= 0.6 is 0 Å². The molecule has 0 N–H and O–H groups in total. The molecule has 22 heteroatoms. The van der Waals surface area contributed by atoms with Gasteiger partial charge in [-0.1, -0.05) is 180 Å². The van der Waals surface area contributed by atoms with E-state index >= 15 is 0 Å². The van der Waals surface area contributed by atoms with Crippen molar-refractivity contribution in [2.24, 2.45) is 21.7 Å². The number of amides is 8. The van der Waals surface area contributed by atoms with E-state index < -0.39 is 117 Å². The van der Waals surface area contributed by atoms with E-state index in [0.717, 1.165) is 41.1 Å². The summed E-state index contributed by atoms with van der Waals surface area (Å²) in [4.78, 5) is 152. The van der Waals surface area contributed by atoms with Crippen molar-refractivity contribution < 1.29 is 117 Å². The molecule has 486 valence electrons. The van der Waals surface area contributed by atoms with Crippen LogP contribution in [-0.2, 0) is 58.1 Å². The maximum absolute atomic E-state index is 12.8. The molecule has 94 heavy (non-hydrogen) atoms. The Balaban J connectivity index is 0.000000176. The van der Waals surface area contributed by atoms with Crippen LogP contribution in [0.1, 0.15) is 166 Å². The minimum Gasteiger partial charge on any atom is -0.548 e. The molecule has 0 aromatic heterocycles. The summed E-state index contributed by atoms with van der Waals surface area (Å²) in [5, 5.41) is 52.0. The number of carboxylic acids is 4. The second-order valence-electron chi connectivity index (χ2n) is 27.1. The molecule has 4 aliphatic rings. The Labute approximate surface area is 566 Å². The first-order valence-corrected chi connectivity index (χ1v) is 29.3. The van der Waals surface area contributed by atoms with Crippen molar-refractivity contribution in [2.45, 2.75) is 107 Å². The van der Waals surface area contributed by atoms with Gasteiger partial charge in [0.25, 0.3) is 47.3 Å². The molecular weight excluding hydrogens is 1380 g/mol. The van der Waals surface area contributed by atoms with Crippen LogP contribution in [-0.4, -0.2) is 115 Å². The van der Waals surface area contributed by atoms with Crippen molar-refractivity contribution in [3.05, 3.63) is 190 Å². The zero-order valence-corrected chi connectivity index (χ0v) is 56.4. The van der Waals surface area contributed by atoms with Crippen molar-refractivity contribution in [2.75, 3.05) is 0 Å². The van der Waals surface area contributed by atoms with Crippen LogP contribution in [0.2, 0.25) is 0 Å². The molecule has 0 saturated heterocycles. The number of carbonyl (C=O) groups excluding carboxylic acids is 12. The Bertz CT molecular complexity index is 3770. The molecule has 0 bridgehead atoms. The fraction of sp³-hybridized carbons (Fsp3) is 0.278. The molecule has 4 atom stereocenters. The molecule has 20 nitrogen and oxygen atoms in total. The van der Waals surface area contributed by atoms with Gasteiger partial charge in [0, 0.05) is 66.1 Å². The predicted octanol–water partition coefficient (Wildman–Crippen LogP) is 6.40. The fourth-order valence-corrected chi connectivity index (χ4v) is 12.5. The third-order valence-electron chi connectivity index (χ3n) is 16.4. The number of imide groups is 4. The quantitative estimate of drug-likeness (QED) is 0.117. The van der Waals surface area contributed by atoms with Crippen LogP contribution in [0.3, 0.4) is 0 Å². The molecule has 8 amide bonds. The average Bonchev–Trinajstić information content (AvgIpc) is 0.761. The van der Waals surface area contributed by atoms with Gasteiger partial charge < -0.3 is 39.6 Å². The van der Waals surface area contributed by atoms with Crippen LogP contribution in [0.5, 0.6) is 0 Å². The van der Waals surface area contributed by atoms with Gasteiger partial charge in [-0.15, -0.1) is 0 Å². The van der Waals surface area contributed by atoms with E-state index in [-0.39, 0.29) is 39.0 Å². The van der Waals surface area contributed by atoms with Gasteiger partial charge in [0.2, 0.25) is 0 Å². The smallest absolute Gasteiger partial charge is 0.548 e. The molecule has 0 spiro atoms. The van der Waals surface area contributed by atoms with E-state index in [1.165, 1.54) is 0 Å². The Morgan fingerprint density at radius 1 is 0.255 bits per heavy atom. The number of carbonyl (C=O) groups is 12. The Morgan fingerprint density at radius 3 is 0.468 bits per heavy atom. The number of hydrogen-bond donors (Lipinski definition) is 0. The summed E-state index contributed by atoms with van der Waals surface area (Å²) in [7, 11) is 0. The van der Waals surface area contributed by atoms with Gasteiger partial charge in [-0.05, 0) is 91.7 Å². The number of benzene rings is 8. The first-order valence-electron chi connectivity index (χ1n) is 29.3. The van der Waals surface area contributed by atoms with Gasteiger partial charge in [-0.2, -0.15) is 0 Å². The summed E-state index contributed by atoms with van der Waals surface area (Å²) in [5.41, 5.74) is -0.644. The second-order valence-corrected chi connectivity index (χ2v) is 27.1. The van der Waals surface area contributed by atoms with E-state index in [4.69, 9.17) is 0 Å². The Morgan fingerprint density at radius 2 is 0.372 bits per heavy atom. The summed E-state index contributed by atoms with van der Waals surface area (Å²) >= 11 is 0. The van der Waals surface area contributed by atoms with Crippen LogP contribution in [0.4, 0.5) is 0 Å². The minimum atomic E-state index is -1.44. The average molecular weight is 1450 g/mol. The number of nitrogens with zero attached hydrogens (tertiary/aromatic N) is 4. The van der Waals surface area contributed by atoms with E-state index in [2.05, 4.69) is 0 Å². The Hall–Kier alpha value is -9.51. The van der Waals surface area contributed by atoms with Crippen molar-refractivity contribution >= 4 is 114 Å². The van der Waals surface area contributed by atoms with Gasteiger partial charge in [0.1, 0.15) is 0 Å². The molecule has 2 radical (unpaired) electrons. The van der Waals surface area contributed by atoms with Crippen molar-refractivity contribution in [3.63, 3.8) is 0 Å². The van der Waals surface area contributed by atoms with Crippen molar-refractivity contribution in [1.82, 2.24) is 19.6 Å². The maximum Gasteiger partial charge on any atom is 2.00 e. The third-order valence-corrected chi connectivity index (χ3v) is 16.4. The van der Waals surface area contributed by atoms with Crippen LogP contribution in [0, 0.1) is 21.7 Å². The van der Waals surface area contributed by atoms with Gasteiger partial charge in [0.05, 0.1) is 48.0 Å². The summed E-state index contributed by atoms with van der Waals surface area (Å²) in [6.45, 7) is 19.9. The zero-order valence-electron chi connectivity index (χ0n) is 53.2. The molecule has 4 aliphatic heterocycles. The molecule has 0 unspecified atom stereocenters. The second kappa shape index (κ2) is 26.5. The number of hydrogen-bond acceptors (Lipinski definition) is 16. The van der Waals surface area contributed by atoms with E-state index in [9.17, 15) is 78.0 Å². The summed E-state index contributed by atoms with van der Waals surface area (Å²) in [6, 6.07) is 35.9. The van der Waals surface area contributed by atoms with E-state index in [1.807, 2.05) is 48.5 Å². The molecule has 4 heterocycles. The largest absolute Gasteiger partial charge is 2.00 e. The molecule has 8 aromatic rings. The van der Waals surface area contributed by atoms with Gasteiger partial charge in [0.15, 0.2) is 0 Å². The van der Waals surface area contributed by atoms with Crippen LogP contribution in [0.25, 0.3) is 43.1 Å². The monoisotopic (exact) mass is 1450 g/mol. The van der Waals surface area contributed by atoms with Crippen molar-refractivity contribution in [3.8, 4) is 0 Å². The number of carboxylic acid groups (broad SMARTS) is 4. The standard InChI is InChI=1S/4C18H17NO4.2Rh/c4*1-18(2,3)14(17(22)23)19-15(20)11-8-4-6-10-7-5-9-12(13(10)11)16(19)21;;/h4*4-9,14H,1-3H3,(H,22,23);;/q;;;;2*+2/p-4/t4*14-;;/m1111../s1. The minimum absolute atomic E-state index is 0. The van der Waals surface area contributed by atoms with E-state index in [0.29, 0.717) is 66.1 Å². The third kappa shape index (κ3) is 12.8. The molecular formula is C72H64N4O16Rh2. The Kier molecular flexibility index (Phi) is 20.3. The summed E-state index contributed by atoms with van der Waals surface area (Å²) in [6.07, 6.45) is 0. The first kappa shape index (κ1) is 71.9. The SMILES string of the molecule is CC(C)(C)[C@@H](C(=O)[O-])N1C(=O)c2cccc3cccc(c23)C1=O.CC(C)(C)[C@@H](C(=O)[O-])N1C(=O)c2cccc3cccc(c23)C1=O.CC(C)(C)[C@@H](C(=O)[O-])N1C(=O)c2cccc3cccc(c23)C1=O.CC(C)(C)[C@@H](C(=O)[O-])N1C(=O)c2cccc3cccc(c23)C1=O.[Rh+2].[Rh+2]. The van der Waals surface area contributed by atoms with Crippen molar-refractivity contribution in [1.29, 1.82) is 0 Å². The summed E-state index contributed by atoms with van der Waals surface area (Å²) in [5.74, 6) is -10.5. The van der Waals surface area contributed by atoms with E-state index in [1.54, 1.807) is 180 Å². The van der Waals surface area contributed by atoms with Crippen LogP contribution in [0.15, 0.2) is 146 Å². The molecule has 0 fully saturated rings. The fourth-order valence-electron chi connectivity index (χ4n) is 12.5. The van der Waals surface area contributed by atoms with Gasteiger partial charge >= 0.3 is 39.0 Å². The molecule has 12 rings (SSSR count). The summed E-state index contributed by atoms with van der Waals surface area (Å²) < 4.78 is 0. The first-order chi connectivity index (χ1) is 42.9. The number of aliphatic carboxylic acids is 4. The predicted molar refractivity (Wildman–Crippen MR) is 331 cm³/mol.